The summed E-state index contributed by atoms with van der Waals surface area (Å²) in [6.07, 6.45) is 0. The number of hydrogen-bond donors (Lipinski definition) is 2. The molecular formula is C11H14Cl2N4O. The molecule has 0 unspecified atom stereocenters. The van der Waals surface area contributed by atoms with Crippen LogP contribution in [0, 0.1) is 0 Å². The third-order valence-corrected chi connectivity index (χ3v) is 2.84. The highest BCUT2D eigenvalue weighted by Gasteiger charge is 2.09. The maximum Gasteiger partial charge on any atom is 0.323 e. The molecule has 98 valence electrons. The molecule has 0 aliphatic rings. The number of benzene rings is 1. The van der Waals surface area contributed by atoms with Crippen LogP contribution in [0.5, 0.6) is 0 Å². The van der Waals surface area contributed by atoms with Gasteiger partial charge in [0.2, 0.25) is 5.96 Å². The summed E-state index contributed by atoms with van der Waals surface area (Å²) in [4.78, 5) is 17.0. The van der Waals surface area contributed by atoms with Gasteiger partial charge in [-0.2, -0.15) is 0 Å². The molecule has 2 amide bonds. The average Bonchev–Trinajstić information content (AvgIpc) is 2.32. The topological polar surface area (TPSA) is 70.7 Å². The first-order valence-corrected chi connectivity index (χ1v) is 6.01. The predicted molar refractivity (Wildman–Crippen MR) is 74.6 cm³/mol. The quantitative estimate of drug-likeness (QED) is 0.649. The molecule has 0 radical (unpaired) electrons. The van der Waals surface area contributed by atoms with Gasteiger partial charge in [0.1, 0.15) is 5.69 Å². The molecule has 0 aromatic heterocycles. The van der Waals surface area contributed by atoms with E-state index in [1.165, 1.54) is 4.90 Å². The minimum absolute atomic E-state index is 0.0599. The number of nitrogens with zero attached hydrogens (tertiary/aromatic N) is 2. The SMILES string of the molecule is CCN(C)C(=O)NC(N)=Nc1c(Cl)cccc1Cl. The van der Waals surface area contributed by atoms with Gasteiger partial charge in [0.15, 0.2) is 0 Å². The molecule has 0 bridgehead atoms. The first kappa shape index (κ1) is 14.6. The van der Waals surface area contributed by atoms with E-state index in [0.717, 1.165) is 0 Å². The van der Waals surface area contributed by atoms with Crippen LogP contribution in [-0.2, 0) is 0 Å². The Morgan fingerprint density at radius 2 is 2.00 bits per heavy atom. The third-order valence-electron chi connectivity index (χ3n) is 2.23. The number of para-hydroxylation sites is 1. The van der Waals surface area contributed by atoms with Crippen molar-refractivity contribution < 1.29 is 4.79 Å². The fraction of sp³-hybridized carbons (Fsp3) is 0.273. The Kier molecular flexibility index (Phi) is 5.25. The zero-order valence-electron chi connectivity index (χ0n) is 10.1. The van der Waals surface area contributed by atoms with Crippen molar-refractivity contribution in [3.8, 4) is 0 Å². The fourth-order valence-corrected chi connectivity index (χ4v) is 1.57. The van der Waals surface area contributed by atoms with Crippen molar-refractivity contribution in [3.05, 3.63) is 28.2 Å². The molecule has 3 N–H and O–H groups in total. The van der Waals surface area contributed by atoms with Crippen LogP contribution in [0.2, 0.25) is 10.0 Å². The van der Waals surface area contributed by atoms with Crippen molar-refractivity contribution in [2.24, 2.45) is 10.7 Å². The highest BCUT2D eigenvalue weighted by Crippen LogP contribution is 2.32. The number of hydrogen-bond acceptors (Lipinski definition) is 2. The summed E-state index contributed by atoms with van der Waals surface area (Å²) in [7, 11) is 1.64. The Bertz CT molecular complexity index is 456. The van der Waals surface area contributed by atoms with Crippen molar-refractivity contribution >= 4 is 40.9 Å². The van der Waals surface area contributed by atoms with Crippen LogP contribution in [0.4, 0.5) is 10.5 Å². The van der Waals surface area contributed by atoms with Gasteiger partial charge >= 0.3 is 6.03 Å². The van der Waals surface area contributed by atoms with Crippen LogP contribution in [-0.4, -0.2) is 30.5 Å². The molecule has 1 aromatic carbocycles. The summed E-state index contributed by atoms with van der Waals surface area (Å²) >= 11 is 11.9. The Labute approximate surface area is 116 Å². The highest BCUT2D eigenvalue weighted by molar-refractivity contribution is 6.38. The summed E-state index contributed by atoms with van der Waals surface area (Å²) in [6.45, 7) is 2.41. The minimum Gasteiger partial charge on any atom is -0.369 e. The van der Waals surface area contributed by atoms with E-state index in [0.29, 0.717) is 22.3 Å². The maximum atomic E-state index is 11.5. The number of nitrogens with two attached hydrogens (primary N) is 1. The molecule has 0 aliphatic carbocycles. The van der Waals surface area contributed by atoms with Crippen molar-refractivity contribution in [2.45, 2.75) is 6.92 Å². The van der Waals surface area contributed by atoms with Gasteiger partial charge in [0.25, 0.3) is 0 Å². The number of carbonyl (C=O) groups excluding carboxylic acids is 1. The normalized spacial score (nSPS) is 11.2. The van der Waals surface area contributed by atoms with E-state index in [1.54, 1.807) is 25.2 Å². The average molecular weight is 289 g/mol. The lowest BCUT2D eigenvalue weighted by Crippen LogP contribution is -2.44. The van der Waals surface area contributed by atoms with Crippen molar-refractivity contribution in [2.75, 3.05) is 13.6 Å². The van der Waals surface area contributed by atoms with E-state index >= 15 is 0 Å². The van der Waals surface area contributed by atoms with Crippen LogP contribution >= 0.6 is 23.2 Å². The van der Waals surface area contributed by atoms with Crippen molar-refractivity contribution in [1.29, 1.82) is 0 Å². The number of nitrogens with one attached hydrogen (secondary N) is 1. The molecule has 0 aliphatic heterocycles. The Morgan fingerprint density at radius 3 is 2.50 bits per heavy atom. The summed E-state index contributed by atoms with van der Waals surface area (Å²) in [5.41, 5.74) is 5.94. The van der Waals surface area contributed by atoms with Gasteiger partial charge in [0, 0.05) is 13.6 Å². The van der Waals surface area contributed by atoms with Gasteiger partial charge in [-0.1, -0.05) is 29.3 Å². The number of carbonyl (C=O) groups is 1. The first-order valence-electron chi connectivity index (χ1n) is 5.26. The highest BCUT2D eigenvalue weighted by atomic mass is 35.5. The minimum atomic E-state index is -0.345. The number of aliphatic imine (C=N–C) groups is 1. The third kappa shape index (κ3) is 3.78. The number of urea groups is 1. The zero-order chi connectivity index (χ0) is 13.7. The van der Waals surface area contributed by atoms with E-state index in [-0.39, 0.29) is 12.0 Å². The second kappa shape index (κ2) is 6.47. The number of rotatable bonds is 2. The van der Waals surface area contributed by atoms with Gasteiger partial charge < -0.3 is 10.6 Å². The zero-order valence-corrected chi connectivity index (χ0v) is 11.6. The van der Waals surface area contributed by atoms with E-state index in [4.69, 9.17) is 28.9 Å². The van der Waals surface area contributed by atoms with Crippen molar-refractivity contribution in [1.82, 2.24) is 10.2 Å². The summed E-state index contributed by atoms with van der Waals surface area (Å²) in [5.74, 6) is -0.0599. The smallest absolute Gasteiger partial charge is 0.323 e. The Morgan fingerprint density at radius 1 is 1.44 bits per heavy atom. The second-order valence-electron chi connectivity index (χ2n) is 3.51. The lowest BCUT2D eigenvalue weighted by Gasteiger charge is -2.15. The Hall–Kier alpha value is -1.46. The second-order valence-corrected chi connectivity index (χ2v) is 4.33. The van der Waals surface area contributed by atoms with E-state index in [9.17, 15) is 4.79 Å². The largest absolute Gasteiger partial charge is 0.369 e. The van der Waals surface area contributed by atoms with Crippen LogP contribution in [0.25, 0.3) is 0 Å². The number of guanidine groups is 1. The monoisotopic (exact) mass is 288 g/mol. The lowest BCUT2D eigenvalue weighted by molar-refractivity contribution is 0.216. The van der Waals surface area contributed by atoms with Gasteiger partial charge in [-0.15, -0.1) is 0 Å². The molecule has 0 fully saturated rings. The molecule has 0 spiro atoms. The Balaban J connectivity index is 2.87. The fourth-order valence-electron chi connectivity index (χ4n) is 1.09. The predicted octanol–water partition coefficient (Wildman–Crippen LogP) is 2.60. The standard InChI is InChI=1S/C11H14Cl2N4O/c1-3-17(2)11(18)16-10(14)15-9-7(12)5-4-6-8(9)13/h4-6H,3H2,1-2H3,(H3,14,15,16,18). The van der Waals surface area contributed by atoms with Gasteiger partial charge in [-0.25, -0.2) is 9.79 Å². The van der Waals surface area contributed by atoms with Crippen LogP contribution in [0.15, 0.2) is 23.2 Å². The van der Waals surface area contributed by atoms with Crippen LogP contribution in [0.1, 0.15) is 6.92 Å². The first-order chi connectivity index (χ1) is 8.45. The molecule has 0 atom stereocenters. The van der Waals surface area contributed by atoms with Gasteiger partial charge in [-0.05, 0) is 19.1 Å². The molecular weight excluding hydrogens is 275 g/mol. The lowest BCUT2D eigenvalue weighted by atomic mass is 10.3. The molecule has 1 rings (SSSR count). The molecule has 1 aromatic rings. The summed E-state index contributed by atoms with van der Waals surface area (Å²) in [5, 5.41) is 3.16. The summed E-state index contributed by atoms with van der Waals surface area (Å²) in [6, 6.07) is 4.63. The molecule has 18 heavy (non-hydrogen) atoms. The summed E-state index contributed by atoms with van der Waals surface area (Å²) < 4.78 is 0. The maximum absolute atomic E-state index is 11.5. The van der Waals surface area contributed by atoms with E-state index in [1.807, 2.05) is 6.92 Å². The number of amides is 2. The van der Waals surface area contributed by atoms with Gasteiger partial charge in [0.05, 0.1) is 10.0 Å². The van der Waals surface area contributed by atoms with Crippen LogP contribution in [0.3, 0.4) is 0 Å². The van der Waals surface area contributed by atoms with Crippen molar-refractivity contribution in [3.63, 3.8) is 0 Å². The molecule has 0 saturated carbocycles. The van der Waals surface area contributed by atoms with Gasteiger partial charge in [-0.3, -0.25) is 5.32 Å². The number of halogens is 2. The van der Waals surface area contributed by atoms with E-state index < -0.39 is 0 Å². The molecule has 5 nitrogen and oxygen atoms in total. The molecule has 7 heteroatoms. The van der Waals surface area contributed by atoms with E-state index in [2.05, 4.69) is 10.3 Å². The van der Waals surface area contributed by atoms with Crippen LogP contribution < -0.4 is 11.1 Å². The molecule has 0 heterocycles. The molecule has 0 saturated heterocycles.